The highest BCUT2D eigenvalue weighted by molar-refractivity contribution is 6.06. The molecule has 13 rings (SSSR count). The van der Waals surface area contributed by atoms with Gasteiger partial charge in [-0.05, 0) is 121 Å². The topological polar surface area (TPSA) is 16.4 Å². The zero-order valence-corrected chi connectivity index (χ0v) is 35.0. The highest BCUT2D eigenvalue weighted by atomic mass is 16.3. The fourth-order valence-corrected chi connectivity index (χ4v) is 11.0. The van der Waals surface area contributed by atoms with Crippen molar-refractivity contribution in [3.05, 3.63) is 282 Å². The largest absolute Gasteiger partial charge is 0.456 e. The van der Waals surface area contributed by atoms with Gasteiger partial charge >= 0.3 is 0 Å². The van der Waals surface area contributed by atoms with Gasteiger partial charge in [0.1, 0.15) is 11.2 Å². The fraction of sp³-hybridized carbons (Fsp3) is 0.0323. The number of para-hydroxylation sites is 4. The van der Waals surface area contributed by atoms with E-state index in [0.29, 0.717) is 0 Å². The molecule has 0 fully saturated rings. The molecule has 0 radical (unpaired) electrons. The second kappa shape index (κ2) is 14.4. The van der Waals surface area contributed by atoms with Gasteiger partial charge in [-0.3, -0.25) is 0 Å². The number of hydrogen-bond donors (Lipinski definition) is 0. The Labute approximate surface area is 373 Å². The second-order valence-corrected chi connectivity index (χ2v) is 17.2. The quantitative estimate of drug-likeness (QED) is 0.155. The number of anilines is 3. The minimum absolute atomic E-state index is 0.00677. The Hall–Kier alpha value is -8.20. The van der Waals surface area contributed by atoms with Crippen LogP contribution in [0.1, 0.15) is 44.9 Å². The Morgan fingerprint density at radius 1 is 0.328 bits per heavy atom. The van der Waals surface area contributed by atoms with E-state index in [1.54, 1.807) is 0 Å². The van der Waals surface area contributed by atoms with E-state index in [1.165, 1.54) is 83.7 Å². The minimum atomic E-state index is -0.501. The van der Waals surface area contributed by atoms with Gasteiger partial charge in [0.25, 0.3) is 0 Å². The molecule has 0 N–H and O–H groups in total. The predicted molar refractivity (Wildman–Crippen MR) is 264 cm³/mol. The van der Waals surface area contributed by atoms with Crippen molar-refractivity contribution >= 4 is 39.0 Å². The summed E-state index contributed by atoms with van der Waals surface area (Å²) in [6, 6.07) is 89.3. The zero-order chi connectivity index (χ0) is 42.2. The van der Waals surface area contributed by atoms with Crippen LogP contribution in [0, 0.1) is 0 Å². The molecule has 1 aliphatic carbocycles. The summed E-state index contributed by atoms with van der Waals surface area (Å²) in [5, 5.41) is 2.28. The van der Waals surface area contributed by atoms with E-state index < -0.39 is 5.41 Å². The number of furan rings is 1. The summed E-state index contributed by atoms with van der Waals surface area (Å²) in [5.74, 6) is -0.00677. The molecule has 300 valence electrons. The highest BCUT2D eigenvalue weighted by Gasteiger charge is 2.51. The van der Waals surface area contributed by atoms with Crippen LogP contribution in [0.25, 0.3) is 55.3 Å². The molecule has 11 aromatic rings. The number of rotatable bonds is 6. The van der Waals surface area contributed by atoms with E-state index in [1.807, 2.05) is 12.1 Å². The van der Waals surface area contributed by atoms with Crippen LogP contribution >= 0.6 is 0 Å². The highest BCUT2D eigenvalue weighted by Crippen LogP contribution is 2.63. The summed E-state index contributed by atoms with van der Waals surface area (Å²) in [4.78, 5) is 2.44. The Morgan fingerprint density at radius 3 is 1.53 bits per heavy atom. The number of benzene rings is 10. The van der Waals surface area contributed by atoms with Crippen LogP contribution in [0.2, 0.25) is 0 Å². The van der Waals surface area contributed by atoms with Crippen molar-refractivity contribution in [2.75, 3.05) is 4.90 Å². The minimum Gasteiger partial charge on any atom is -0.456 e. The van der Waals surface area contributed by atoms with E-state index in [-0.39, 0.29) is 5.92 Å². The van der Waals surface area contributed by atoms with Gasteiger partial charge in [0, 0.05) is 22.4 Å². The summed E-state index contributed by atoms with van der Waals surface area (Å²) in [6.07, 6.45) is 0. The third kappa shape index (κ3) is 5.46. The SMILES string of the molecule is c1ccc(-c2ccc([C@@H](c3ccc(-c4ccc5oc6ccccc6c5c4)cc3)c3ccc4c(c3)-c3ccccc3C43c4ccccc4N(c4ccccc4)c4ccccc43)cc2)cc1. The first-order valence-electron chi connectivity index (χ1n) is 22.2. The Kier molecular flexibility index (Phi) is 8.23. The zero-order valence-electron chi connectivity index (χ0n) is 35.0. The predicted octanol–water partition coefficient (Wildman–Crippen LogP) is 16.2. The maximum Gasteiger partial charge on any atom is 0.135 e. The molecule has 0 bridgehead atoms. The lowest BCUT2D eigenvalue weighted by atomic mass is 9.64. The number of fused-ring (bicyclic) bond motifs is 12. The van der Waals surface area contributed by atoms with Crippen molar-refractivity contribution in [2.24, 2.45) is 0 Å². The van der Waals surface area contributed by atoms with Crippen molar-refractivity contribution in [2.45, 2.75) is 11.3 Å². The molecule has 0 saturated heterocycles. The van der Waals surface area contributed by atoms with E-state index >= 15 is 0 Å². The molecule has 1 atom stereocenters. The summed E-state index contributed by atoms with van der Waals surface area (Å²) >= 11 is 0. The molecule has 0 amide bonds. The van der Waals surface area contributed by atoms with Gasteiger partial charge in [0.2, 0.25) is 0 Å². The van der Waals surface area contributed by atoms with E-state index in [0.717, 1.165) is 27.6 Å². The molecule has 2 heteroatoms. The van der Waals surface area contributed by atoms with Crippen molar-refractivity contribution in [3.63, 3.8) is 0 Å². The van der Waals surface area contributed by atoms with Gasteiger partial charge in [-0.1, -0.05) is 194 Å². The Bertz CT molecular complexity index is 3500. The van der Waals surface area contributed by atoms with Crippen LogP contribution in [-0.2, 0) is 5.41 Å². The third-order valence-electron chi connectivity index (χ3n) is 13.8. The van der Waals surface area contributed by atoms with Gasteiger partial charge < -0.3 is 9.32 Å². The number of hydrogen-bond acceptors (Lipinski definition) is 2. The molecule has 0 saturated carbocycles. The number of nitrogens with zero attached hydrogens (tertiary/aromatic N) is 1. The van der Waals surface area contributed by atoms with Crippen LogP contribution in [0.3, 0.4) is 0 Å². The van der Waals surface area contributed by atoms with Crippen LogP contribution < -0.4 is 4.90 Å². The average molecular weight is 816 g/mol. The molecular formula is C62H41NO. The summed E-state index contributed by atoms with van der Waals surface area (Å²) in [6.45, 7) is 0. The van der Waals surface area contributed by atoms with Crippen LogP contribution in [-0.4, -0.2) is 0 Å². The molecule has 1 aliphatic heterocycles. The summed E-state index contributed by atoms with van der Waals surface area (Å²) in [5.41, 5.74) is 21.2. The normalized spacial score (nSPS) is 13.7. The monoisotopic (exact) mass is 815 g/mol. The molecule has 64 heavy (non-hydrogen) atoms. The molecule has 2 aliphatic rings. The molecule has 1 aromatic heterocycles. The van der Waals surface area contributed by atoms with Gasteiger partial charge in [-0.25, -0.2) is 0 Å². The van der Waals surface area contributed by atoms with Gasteiger partial charge in [-0.15, -0.1) is 0 Å². The van der Waals surface area contributed by atoms with Crippen molar-refractivity contribution in [3.8, 4) is 33.4 Å². The first-order valence-corrected chi connectivity index (χ1v) is 22.2. The average Bonchev–Trinajstić information content (AvgIpc) is 3.88. The van der Waals surface area contributed by atoms with Crippen LogP contribution in [0.4, 0.5) is 17.1 Å². The lowest BCUT2D eigenvalue weighted by Gasteiger charge is -2.45. The molecule has 10 aromatic carbocycles. The van der Waals surface area contributed by atoms with Gasteiger partial charge in [-0.2, -0.15) is 0 Å². The van der Waals surface area contributed by atoms with E-state index in [2.05, 4.69) is 235 Å². The van der Waals surface area contributed by atoms with Gasteiger partial charge in [0.15, 0.2) is 0 Å². The maximum absolute atomic E-state index is 6.17. The van der Waals surface area contributed by atoms with E-state index in [4.69, 9.17) is 4.42 Å². The third-order valence-corrected chi connectivity index (χ3v) is 13.8. The lowest BCUT2D eigenvalue weighted by molar-refractivity contribution is 0.669. The van der Waals surface area contributed by atoms with Crippen molar-refractivity contribution < 1.29 is 4.42 Å². The van der Waals surface area contributed by atoms with Crippen LogP contribution in [0.5, 0.6) is 0 Å². The molecule has 2 nitrogen and oxygen atoms in total. The lowest BCUT2D eigenvalue weighted by Crippen LogP contribution is -2.36. The molecule has 0 unspecified atom stereocenters. The molecule has 1 spiro atoms. The molecular weight excluding hydrogens is 775 g/mol. The second-order valence-electron chi connectivity index (χ2n) is 17.2. The fourth-order valence-electron chi connectivity index (χ4n) is 11.0. The van der Waals surface area contributed by atoms with Gasteiger partial charge in [0.05, 0.1) is 16.8 Å². The summed E-state index contributed by atoms with van der Waals surface area (Å²) < 4.78 is 6.17. The van der Waals surface area contributed by atoms with Crippen LogP contribution in [0.15, 0.2) is 247 Å². The first-order chi connectivity index (χ1) is 31.7. The molecule has 2 heterocycles. The standard InChI is InChI=1S/C62H41NO/c1-3-15-41(16-4-1)42-27-31-44(32-28-42)61(45-33-29-43(30-34-45)46-36-38-60-52(39-46)50-20-8-14-26-59(50)64-60)47-35-37-54-51(40-47)49-19-7-9-21-53(49)62(54)55-22-10-12-24-57(55)63(48-17-5-2-6-18-48)58-25-13-11-23-56(58)62/h1-40,61H/t61-/m0/s1. The Morgan fingerprint density at radius 2 is 0.828 bits per heavy atom. The Balaban J connectivity index is 0.980. The van der Waals surface area contributed by atoms with Crippen molar-refractivity contribution in [1.82, 2.24) is 0 Å². The smallest absolute Gasteiger partial charge is 0.135 e. The first kappa shape index (κ1) is 36.5. The maximum atomic E-state index is 6.17. The van der Waals surface area contributed by atoms with Crippen molar-refractivity contribution in [1.29, 1.82) is 0 Å². The summed E-state index contributed by atoms with van der Waals surface area (Å²) in [7, 11) is 0. The van der Waals surface area contributed by atoms with E-state index in [9.17, 15) is 0 Å².